The first-order chi connectivity index (χ1) is 4.20. The number of nitrogens with two attached hydrogens (primary N) is 1. The van der Waals surface area contributed by atoms with Gasteiger partial charge >= 0.3 is 0 Å². The molecule has 0 aliphatic heterocycles. The minimum absolute atomic E-state index is 0.160. The predicted molar refractivity (Wildman–Crippen MR) is 44.6 cm³/mol. The third kappa shape index (κ3) is 1.78. The third-order valence-corrected chi connectivity index (χ3v) is 2.64. The number of hydrogen-bond acceptors (Lipinski definition) is 2. The van der Waals surface area contributed by atoms with Gasteiger partial charge in [-0.3, -0.25) is 0 Å². The molecule has 0 aliphatic carbocycles. The van der Waals surface area contributed by atoms with Gasteiger partial charge in [0.25, 0.3) is 0 Å². The lowest BCUT2D eigenvalue weighted by Crippen LogP contribution is -2.02. The van der Waals surface area contributed by atoms with Crippen LogP contribution >= 0.6 is 27.3 Å². The Kier molecular flexibility index (Phi) is 2.27. The van der Waals surface area contributed by atoms with Crippen LogP contribution in [0, 0.1) is 0 Å². The quantitative estimate of drug-likeness (QED) is 0.750. The minimum Gasteiger partial charge on any atom is -0.324 e. The molecule has 0 aliphatic rings. The highest BCUT2D eigenvalue weighted by Crippen LogP contribution is 2.23. The molecular weight excluding hydrogens is 198 g/mol. The Morgan fingerprint density at radius 2 is 2.44 bits per heavy atom. The summed E-state index contributed by atoms with van der Waals surface area (Å²) < 4.78 is 1.15. The van der Waals surface area contributed by atoms with Crippen LogP contribution in [0.15, 0.2) is 15.2 Å². The maximum absolute atomic E-state index is 5.61. The summed E-state index contributed by atoms with van der Waals surface area (Å²) in [6, 6.07) is 2.21. The summed E-state index contributed by atoms with van der Waals surface area (Å²) in [7, 11) is 0. The van der Waals surface area contributed by atoms with Crippen molar-refractivity contribution in [3.8, 4) is 0 Å². The summed E-state index contributed by atoms with van der Waals surface area (Å²) in [4.78, 5) is 0. The molecule has 0 saturated heterocycles. The molecule has 3 heteroatoms. The van der Waals surface area contributed by atoms with Gasteiger partial charge in [-0.2, -0.15) is 0 Å². The van der Waals surface area contributed by atoms with Gasteiger partial charge in [-0.15, -0.1) is 11.3 Å². The van der Waals surface area contributed by atoms with Crippen LogP contribution < -0.4 is 5.73 Å². The highest BCUT2D eigenvalue weighted by Gasteiger charge is 1.99. The van der Waals surface area contributed by atoms with Crippen LogP contribution in [-0.2, 0) is 0 Å². The Labute approximate surface area is 67.0 Å². The second-order valence-electron chi connectivity index (χ2n) is 1.97. The van der Waals surface area contributed by atoms with Gasteiger partial charge in [-0.1, -0.05) is 0 Å². The van der Waals surface area contributed by atoms with E-state index in [1.807, 2.05) is 6.92 Å². The van der Waals surface area contributed by atoms with E-state index in [0.717, 1.165) is 3.79 Å². The van der Waals surface area contributed by atoms with Crippen molar-refractivity contribution in [3.05, 3.63) is 20.8 Å². The molecule has 2 N–H and O–H groups in total. The first-order valence-electron chi connectivity index (χ1n) is 2.69. The third-order valence-electron chi connectivity index (χ3n) is 1.11. The van der Waals surface area contributed by atoms with E-state index >= 15 is 0 Å². The molecule has 1 nitrogen and oxygen atoms in total. The maximum atomic E-state index is 5.61. The molecule has 1 heterocycles. The lowest BCUT2D eigenvalue weighted by molar-refractivity contribution is 0.822. The molecule has 9 heavy (non-hydrogen) atoms. The van der Waals surface area contributed by atoms with Crippen LogP contribution in [0.3, 0.4) is 0 Å². The van der Waals surface area contributed by atoms with Gasteiger partial charge in [0.15, 0.2) is 0 Å². The maximum Gasteiger partial charge on any atom is 0.0701 e. The second-order valence-corrected chi connectivity index (χ2v) is 4.26. The van der Waals surface area contributed by atoms with Gasteiger partial charge < -0.3 is 5.73 Å². The average Bonchev–Trinajstić information content (AvgIpc) is 2.14. The Balaban J connectivity index is 2.85. The fraction of sp³-hybridized carbons (Fsp3) is 0.333. The normalized spacial score (nSPS) is 13.7. The molecule has 1 aromatic heterocycles. The van der Waals surface area contributed by atoms with E-state index in [1.165, 1.54) is 5.56 Å². The summed E-state index contributed by atoms with van der Waals surface area (Å²) >= 11 is 5.03. The van der Waals surface area contributed by atoms with E-state index < -0.39 is 0 Å². The van der Waals surface area contributed by atoms with Gasteiger partial charge in [-0.05, 0) is 39.9 Å². The van der Waals surface area contributed by atoms with Crippen LogP contribution in [-0.4, -0.2) is 0 Å². The van der Waals surface area contributed by atoms with Crippen LogP contribution in [0.4, 0.5) is 0 Å². The zero-order valence-electron chi connectivity index (χ0n) is 5.10. The molecule has 0 radical (unpaired) electrons. The van der Waals surface area contributed by atoms with Crippen LogP contribution in [0.5, 0.6) is 0 Å². The smallest absolute Gasteiger partial charge is 0.0701 e. The molecule has 1 aromatic rings. The standard InChI is InChI=1S/C6H8BrNS/c1-4(8)5-2-6(7)9-3-5/h2-4H,8H2,1H3/t4-/m0/s1. The summed E-state index contributed by atoms with van der Waals surface area (Å²) in [5, 5.41) is 2.06. The summed E-state index contributed by atoms with van der Waals surface area (Å²) in [5.74, 6) is 0. The van der Waals surface area contributed by atoms with E-state index in [1.54, 1.807) is 11.3 Å². The van der Waals surface area contributed by atoms with E-state index in [4.69, 9.17) is 5.73 Å². The lowest BCUT2D eigenvalue weighted by atomic mass is 10.2. The monoisotopic (exact) mass is 205 g/mol. The van der Waals surface area contributed by atoms with Crippen molar-refractivity contribution in [2.24, 2.45) is 5.73 Å². The van der Waals surface area contributed by atoms with Crippen molar-refractivity contribution < 1.29 is 0 Å². The number of thiophene rings is 1. The molecule has 50 valence electrons. The van der Waals surface area contributed by atoms with Crippen LogP contribution in [0.1, 0.15) is 18.5 Å². The largest absolute Gasteiger partial charge is 0.324 e. The summed E-state index contributed by atoms with van der Waals surface area (Å²) in [6.07, 6.45) is 0. The van der Waals surface area contributed by atoms with Crippen LogP contribution in [0.2, 0.25) is 0 Å². The van der Waals surface area contributed by atoms with Gasteiger partial charge in [0.2, 0.25) is 0 Å². The lowest BCUT2D eigenvalue weighted by Gasteiger charge is -1.97. The van der Waals surface area contributed by atoms with Crippen molar-refractivity contribution in [1.82, 2.24) is 0 Å². The number of halogens is 1. The first kappa shape index (κ1) is 7.25. The predicted octanol–water partition coefficient (Wildman–Crippen LogP) is 2.53. The Morgan fingerprint density at radius 3 is 2.67 bits per heavy atom. The zero-order chi connectivity index (χ0) is 6.85. The molecule has 0 saturated carbocycles. The summed E-state index contributed by atoms with van der Waals surface area (Å²) in [5.41, 5.74) is 6.81. The van der Waals surface area contributed by atoms with Gasteiger partial charge in [-0.25, -0.2) is 0 Å². The van der Waals surface area contributed by atoms with E-state index in [9.17, 15) is 0 Å². The van der Waals surface area contributed by atoms with Crippen molar-refractivity contribution in [2.45, 2.75) is 13.0 Å². The Bertz CT molecular complexity index is 195. The molecule has 0 spiro atoms. The number of hydrogen-bond donors (Lipinski definition) is 1. The Hall–Kier alpha value is 0.140. The molecule has 0 bridgehead atoms. The van der Waals surface area contributed by atoms with E-state index in [2.05, 4.69) is 27.4 Å². The van der Waals surface area contributed by atoms with Crippen molar-refractivity contribution >= 4 is 27.3 Å². The fourth-order valence-corrected chi connectivity index (χ4v) is 1.84. The minimum atomic E-state index is 0.160. The molecule has 0 aromatic carbocycles. The van der Waals surface area contributed by atoms with Gasteiger partial charge in [0, 0.05) is 6.04 Å². The molecule has 1 rings (SSSR count). The number of rotatable bonds is 1. The Morgan fingerprint density at radius 1 is 1.78 bits per heavy atom. The average molecular weight is 206 g/mol. The molecule has 0 fully saturated rings. The van der Waals surface area contributed by atoms with Crippen LogP contribution in [0.25, 0.3) is 0 Å². The molecule has 1 atom stereocenters. The first-order valence-corrected chi connectivity index (χ1v) is 4.37. The highest BCUT2D eigenvalue weighted by atomic mass is 79.9. The van der Waals surface area contributed by atoms with E-state index in [0.29, 0.717) is 0 Å². The fourth-order valence-electron chi connectivity index (χ4n) is 0.562. The molecule has 0 amide bonds. The van der Waals surface area contributed by atoms with Crippen molar-refractivity contribution in [1.29, 1.82) is 0 Å². The topological polar surface area (TPSA) is 26.0 Å². The zero-order valence-corrected chi connectivity index (χ0v) is 7.50. The second kappa shape index (κ2) is 2.82. The van der Waals surface area contributed by atoms with Gasteiger partial charge in [0.1, 0.15) is 0 Å². The van der Waals surface area contributed by atoms with E-state index in [-0.39, 0.29) is 6.04 Å². The van der Waals surface area contributed by atoms with Gasteiger partial charge in [0.05, 0.1) is 3.79 Å². The SMILES string of the molecule is C[C@H](N)c1csc(Br)c1. The highest BCUT2D eigenvalue weighted by molar-refractivity contribution is 9.11. The summed E-state index contributed by atoms with van der Waals surface area (Å²) in [6.45, 7) is 1.98. The molecular formula is C6H8BrNS. The molecule has 0 unspecified atom stereocenters. The van der Waals surface area contributed by atoms with Crippen molar-refractivity contribution in [3.63, 3.8) is 0 Å². The van der Waals surface area contributed by atoms with Crippen molar-refractivity contribution in [2.75, 3.05) is 0 Å².